The van der Waals surface area contributed by atoms with Crippen molar-refractivity contribution in [3.05, 3.63) is 146 Å². The van der Waals surface area contributed by atoms with E-state index in [1.807, 2.05) is 18.3 Å². The zero-order valence-corrected chi connectivity index (χ0v) is 24.5. The highest BCUT2D eigenvalue weighted by molar-refractivity contribution is 6.03. The Morgan fingerprint density at radius 1 is 0.348 bits per heavy atom. The standard InChI is InChI=1S/C40H24N6/c1-2-29-9-10-30-15-17-34(46-40(30)39(29)43-19-1)26-5-3-25(4-6-26)33-16-13-27-7-11-31(22-36(27)44-33)32-12-8-28-14-18-35(45-37(28)23-32)38-24-41-20-21-42-38/h1-24H. The fraction of sp³-hybridized carbons (Fsp3) is 0. The first-order valence-electron chi connectivity index (χ1n) is 15.1. The van der Waals surface area contributed by atoms with Crippen molar-refractivity contribution in [2.24, 2.45) is 0 Å². The van der Waals surface area contributed by atoms with Gasteiger partial charge >= 0.3 is 0 Å². The molecular formula is C40H24N6. The summed E-state index contributed by atoms with van der Waals surface area (Å²) in [5.74, 6) is 0. The van der Waals surface area contributed by atoms with Gasteiger partial charge in [0.05, 0.1) is 45.3 Å². The highest BCUT2D eigenvalue weighted by atomic mass is 14.8. The topological polar surface area (TPSA) is 77.3 Å². The third-order valence-corrected chi connectivity index (χ3v) is 8.45. The Balaban J connectivity index is 1.04. The molecular weight excluding hydrogens is 564 g/mol. The normalized spacial score (nSPS) is 11.5. The lowest BCUT2D eigenvalue weighted by Crippen LogP contribution is -1.90. The lowest BCUT2D eigenvalue weighted by Gasteiger charge is -2.09. The zero-order chi connectivity index (χ0) is 30.5. The summed E-state index contributed by atoms with van der Waals surface area (Å²) in [5, 5.41) is 4.34. The number of nitrogens with zero attached hydrogens (tertiary/aromatic N) is 6. The molecule has 0 saturated carbocycles. The quantitative estimate of drug-likeness (QED) is 0.191. The van der Waals surface area contributed by atoms with E-state index in [0.29, 0.717) is 0 Å². The first-order valence-corrected chi connectivity index (χ1v) is 15.1. The monoisotopic (exact) mass is 588 g/mol. The molecule has 0 amide bonds. The Hall–Kier alpha value is -6.40. The molecule has 5 heterocycles. The number of benzene rings is 4. The summed E-state index contributed by atoms with van der Waals surface area (Å²) in [6.45, 7) is 0. The van der Waals surface area contributed by atoms with Gasteiger partial charge in [0.15, 0.2) is 0 Å². The van der Waals surface area contributed by atoms with E-state index in [9.17, 15) is 0 Å². The van der Waals surface area contributed by atoms with E-state index in [1.165, 1.54) is 0 Å². The zero-order valence-electron chi connectivity index (χ0n) is 24.5. The Morgan fingerprint density at radius 2 is 0.891 bits per heavy atom. The van der Waals surface area contributed by atoms with Crippen molar-refractivity contribution >= 4 is 43.6 Å². The molecule has 6 nitrogen and oxygen atoms in total. The molecule has 4 aromatic carbocycles. The molecule has 0 N–H and O–H groups in total. The second-order valence-electron chi connectivity index (χ2n) is 11.3. The lowest BCUT2D eigenvalue weighted by molar-refractivity contribution is 1.19. The summed E-state index contributed by atoms with van der Waals surface area (Å²) >= 11 is 0. The molecule has 0 saturated heterocycles. The maximum absolute atomic E-state index is 5.07. The Kier molecular flexibility index (Phi) is 6.03. The van der Waals surface area contributed by atoms with Gasteiger partial charge in [0.25, 0.3) is 0 Å². The highest BCUT2D eigenvalue weighted by Gasteiger charge is 2.10. The maximum atomic E-state index is 5.07. The number of rotatable bonds is 4. The van der Waals surface area contributed by atoms with E-state index in [-0.39, 0.29) is 0 Å². The molecule has 214 valence electrons. The van der Waals surface area contributed by atoms with E-state index in [4.69, 9.17) is 15.0 Å². The second-order valence-corrected chi connectivity index (χ2v) is 11.3. The molecule has 0 aliphatic rings. The van der Waals surface area contributed by atoms with Crippen LogP contribution in [0.2, 0.25) is 0 Å². The van der Waals surface area contributed by atoms with E-state index >= 15 is 0 Å². The Labute approximate surface area is 264 Å². The molecule has 9 rings (SSSR count). The van der Waals surface area contributed by atoms with Crippen molar-refractivity contribution in [3.8, 4) is 45.0 Å². The number of hydrogen-bond donors (Lipinski definition) is 0. The van der Waals surface area contributed by atoms with Gasteiger partial charge in [-0.25, -0.2) is 15.0 Å². The van der Waals surface area contributed by atoms with E-state index in [2.05, 4.69) is 124 Å². The largest absolute Gasteiger partial charge is 0.261 e. The van der Waals surface area contributed by atoms with Crippen LogP contribution < -0.4 is 0 Å². The molecule has 0 bridgehead atoms. The van der Waals surface area contributed by atoms with Gasteiger partial charge in [0.1, 0.15) is 5.69 Å². The van der Waals surface area contributed by atoms with Gasteiger partial charge in [0.2, 0.25) is 0 Å². The van der Waals surface area contributed by atoms with Crippen LogP contribution in [0.3, 0.4) is 0 Å². The average Bonchev–Trinajstić information content (AvgIpc) is 3.14. The summed E-state index contributed by atoms with van der Waals surface area (Å²) in [7, 11) is 0. The predicted octanol–water partition coefficient (Wildman–Crippen LogP) is 9.34. The van der Waals surface area contributed by atoms with Crippen LogP contribution in [0, 0.1) is 0 Å². The molecule has 0 radical (unpaired) electrons. The van der Waals surface area contributed by atoms with Crippen LogP contribution in [0.15, 0.2) is 146 Å². The van der Waals surface area contributed by atoms with Crippen molar-refractivity contribution in [2.75, 3.05) is 0 Å². The van der Waals surface area contributed by atoms with Crippen LogP contribution in [0.25, 0.3) is 88.6 Å². The number of hydrogen-bond acceptors (Lipinski definition) is 6. The number of fused-ring (bicyclic) bond motifs is 5. The molecule has 6 heteroatoms. The smallest absolute Gasteiger partial charge is 0.107 e. The molecule has 46 heavy (non-hydrogen) atoms. The predicted molar refractivity (Wildman–Crippen MR) is 185 cm³/mol. The van der Waals surface area contributed by atoms with Crippen molar-refractivity contribution in [3.63, 3.8) is 0 Å². The summed E-state index contributed by atoms with van der Waals surface area (Å²) in [5.41, 5.74) is 11.4. The van der Waals surface area contributed by atoms with Gasteiger partial charge in [-0.15, -0.1) is 0 Å². The Bertz CT molecular complexity index is 2580. The fourth-order valence-corrected chi connectivity index (χ4v) is 6.02. The third kappa shape index (κ3) is 4.60. The van der Waals surface area contributed by atoms with Crippen LogP contribution >= 0.6 is 0 Å². The average molecular weight is 589 g/mol. The molecule has 0 spiro atoms. The fourth-order valence-electron chi connectivity index (χ4n) is 6.02. The lowest BCUT2D eigenvalue weighted by atomic mass is 10.0. The van der Waals surface area contributed by atoms with Gasteiger partial charge in [-0.1, -0.05) is 84.9 Å². The van der Waals surface area contributed by atoms with E-state index in [1.54, 1.807) is 18.6 Å². The minimum absolute atomic E-state index is 0.754. The molecule has 5 aromatic heterocycles. The third-order valence-electron chi connectivity index (χ3n) is 8.45. The van der Waals surface area contributed by atoms with Gasteiger partial charge in [0, 0.05) is 51.3 Å². The van der Waals surface area contributed by atoms with Crippen LogP contribution in [0.5, 0.6) is 0 Å². The second kappa shape index (κ2) is 10.6. The molecule has 0 unspecified atom stereocenters. The van der Waals surface area contributed by atoms with Crippen molar-refractivity contribution in [1.29, 1.82) is 0 Å². The molecule has 9 aromatic rings. The summed E-state index contributed by atoms with van der Waals surface area (Å²) in [6, 6.07) is 41.9. The molecule has 0 fully saturated rings. The van der Waals surface area contributed by atoms with Crippen LogP contribution in [0.1, 0.15) is 0 Å². The van der Waals surface area contributed by atoms with Gasteiger partial charge in [-0.2, -0.15) is 0 Å². The first kappa shape index (κ1) is 26.0. The van der Waals surface area contributed by atoms with Gasteiger partial charge in [-0.05, 0) is 47.5 Å². The first-order chi connectivity index (χ1) is 22.7. The molecule has 0 aliphatic carbocycles. The summed E-state index contributed by atoms with van der Waals surface area (Å²) in [4.78, 5) is 28.1. The van der Waals surface area contributed by atoms with E-state index in [0.717, 1.165) is 88.6 Å². The van der Waals surface area contributed by atoms with Crippen molar-refractivity contribution < 1.29 is 0 Å². The van der Waals surface area contributed by atoms with Crippen LogP contribution in [-0.2, 0) is 0 Å². The minimum Gasteiger partial charge on any atom is -0.261 e. The highest BCUT2D eigenvalue weighted by Crippen LogP contribution is 2.31. The van der Waals surface area contributed by atoms with Crippen molar-refractivity contribution in [1.82, 2.24) is 29.9 Å². The number of aromatic nitrogens is 6. The van der Waals surface area contributed by atoms with E-state index < -0.39 is 0 Å². The molecule has 0 atom stereocenters. The maximum Gasteiger partial charge on any atom is 0.107 e. The van der Waals surface area contributed by atoms with Gasteiger partial charge < -0.3 is 0 Å². The van der Waals surface area contributed by atoms with Crippen molar-refractivity contribution in [2.45, 2.75) is 0 Å². The minimum atomic E-state index is 0.754. The van der Waals surface area contributed by atoms with Crippen LogP contribution in [0.4, 0.5) is 0 Å². The van der Waals surface area contributed by atoms with Crippen LogP contribution in [-0.4, -0.2) is 29.9 Å². The number of pyridine rings is 4. The summed E-state index contributed by atoms with van der Waals surface area (Å²) in [6.07, 6.45) is 6.91. The SMILES string of the molecule is c1cnc2c(c1)ccc1ccc(-c3ccc(-c4ccc5ccc(-c6ccc7ccc(-c8cnccn8)nc7c6)cc5n4)cc3)nc12. The summed E-state index contributed by atoms with van der Waals surface area (Å²) < 4.78 is 0. The van der Waals surface area contributed by atoms with Gasteiger partial charge in [-0.3, -0.25) is 15.0 Å². The Morgan fingerprint density at radius 3 is 1.57 bits per heavy atom. The molecule has 0 aliphatic heterocycles.